The molecular formula is C14H13NOS. The topological polar surface area (TPSA) is 13.6 Å². The minimum absolute atomic E-state index is 0.0854. The lowest BCUT2D eigenvalue weighted by Gasteiger charge is -2.37. The van der Waals surface area contributed by atoms with E-state index in [9.17, 15) is 0 Å². The summed E-state index contributed by atoms with van der Waals surface area (Å²) >= 11 is 2.00. The molecule has 0 amide bonds. The zero-order valence-electron chi connectivity index (χ0n) is 9.48. The Morgan fingerprint density at radius 3 is 2.88 bits per heavy atom. The molecule has 2 aliphatic heterocycles. The van der Waals surface area contributed by atoms with Crippen LogP contribution in [0.2, 0.25) is 0 Å². The van der Waals surface area contributed by atoms with Crippen LogP contribution in [-0.4, -0.2) is 17.1 Å². The summed E-state index contributed by atoms with van der Waals surface area (Å²) in [7, 11) is 0. The molecule has 1 aromatic carbocycles. The molecule has 2 heterocycles. The van der Waals surface area contributed by atoms with E-state index in [1.165, 1.54) is 11.5 Å². The Balaban J connectivity index is 1.94. The van der Waals surface area contributed by atoms with Crippen molar-refractivity contribution in [3.63, 3.8) is 0 Å². The second-order valence-electron chi connectivity index (χ2n) is 4.45. The highest BCUT2D eigenvalue weighted by Crippen LogP contribution is 2.39. The fourth-order valence-corrected chi connectivity index (χ4v) is 3.49. The number of ether oxygens (including phenoxy) is 1. The summed E-state index contributed by atoms with van der Waals surface area (Å²) in [5.41, 5.74) is 1.62. The zero-order chi connectivity index (χ0) is 11.7. The number of thioether (sulfide) groups is 1. The minimum atomic E-state index is -0.0854. The maximum Gasteiger partial charge on any atom is 0.188 e. The van der Waals surface area contributed by atoms with Gasteiger partial charge in [-0.1, -0.05) is 12.1 Å². The molecular weight excluding hydrogens is 230 g/mol. The quantitative estimate of drug-likeness (QED) is 0.641. The van der Waals surface area contributed by atoms with Gasteiger partial charge in [0.1, 0.15) is 11.4 Å². The van der Waals surface area contributed by atoms with Crippen LogP contribution in [0.5, 0.6) is 5.75 Å². The van der Waals surface area contributed by atoms with Gasteiger partial charge < -0.3 is 4.74 Å². The molecule has 0 aliphatic carbocycles. The van der Waals surface area contributed by atoms with E-state index in [-0.39, 0.29) is 5.60 Å². The van der Waals surface area contributed by atoms with Crippen LogP contribution in [0.15, 0.2) is 24.3 Å². The third-order valence-electron chi connectivity index (χ3n) is 3.34. The molecule has 2 aliphatic rings. The molecule has 0 saturated carbocycles. The molecule has 2 nitrogen and oxygen atoms in total. The van der Waals surface area contributed by atoms with Gasteiger partial charge in [-0.3, -0.25) is 0 Å². The fraction of sp³-hybridized carbons (Fsp3) is 0.357. The minimum Gasteiger partial charge on any atom is -0.483 e. The van der Waals surface area contributed by atoms with Crippen LogP contribution in [0.4, 0.5) is 5.69 Å². The van der Waals surface area contributed by atoms with E-state index < -0.39 is 0 Å². The second-order valence-corrected chi connectivity index (χ2v) is 5.67. The smallest absolute Gasteiger partial charge is 0.188 e. The predicted molar refractivity (Wildman–Crippen MR) is 71.7 cm³/mol. The summed E-state index contributed by atoms with van der Waals surface area (Å²) in [6, 6.07) is 5.65. The number of nitrogens with zero attached hydrogens (tertiary/aromatic N) is 1. The molecule has 1 saturated heterocycles. The average molecular weight is 243 g/mol. The zero-order valence-corrected chi connectivity index (χ0v) is 10.3. The number of hydrogen-bond donors (Lipinski definition) is 0. The van der Waals surface area contributed by atoms with Crippen LogP contribution in [-0.2, 0) is 0 Å². The van der Waals surface area contributed by atoms with Crippen molar-refractivity contribution in [1.29, 1.82) is 0 Å². The molecule has 0 unspecified atom stereocenters. The Hall–Kier alpha value is -1.40. The summed E-state index contributed by atoms with van der Waals surface area (Å²) in [5.74, 6) is 3.26. The summed E-state index contributed by atoms with van der Waals surface area (Å²) < 4.78 is 6.16. The highest BCUT2D eigenvalue weighted by atomic mass is 32.2. The predicted octanol–water partition coefficient (Wildman–Crippen LogP) is 3.91. The van der Waals surface area contributed by atoms with Crippen LogP contribution < -0.4 is 4.74 Å². The first-order valence-electron chi connectivity index (χ1n) is 5.79. The highest BCUT2D eigenvalue weighted by molar-refractivity contribution is 7.99. The van der Waals surface area contributed by atoms with E-state index >= 15 is 0 Å². The van der Waals surface area contributed by atoms with Gasteiger partial charge in [0.2, 0.25) is 0 Å². The van der Waals surface area contributed by atoms with E-state index in [2.05, 4.69) is 17.0 Å². The Morgan fingerprint density at radius 2 is 2.12 bits per heavy atom. The van der Waals surface area contributed by atoms with Gasteiger partial charge in [0.05, 0.1) is 6.57 Å². The first-order valence-corrected chi connectivity index (χ1v) is 6.94. The van der Waals surface area contributed by atoms with Gasteiger partial charge in [-0.15, -0.1) is 0 Å². The van der Waals surface area contributed by atoms with E-state index in [0.717, 1.165) is 24.2 Å². The van der Waals surface area contributed by atoms with Crippen molar-refractivity contribution in [3.05, 3.63) is 41.3 Å². The summed E-state index contributed by atoms with van der Waals surface area (Å²) in [5, 5.41) is 0. The summed E-state index contributed by atoms with van der Waals surface area (Å²) in [4.78, 5) is 3.44. The van der Waals surface area contributed by atoms with Crippen molar-refractivity contribution in [3.8, 4) is 5.75 Å². The Bertz CT molecular complexity index is 509. The molecule has 1 spiro atoms. The summed E-state index contributed by atoms with van der Waals surface area (Å²) in [6.45, 7) is 7.01. The second kappa shape index (κ2) is 4.12. The van der Waals surface area contributed by atoms with E-state index in [4.69, 9.17) is 11.3 Å². The lowest BCUT2D eigenvalue weighted by molar-refractivity contribution is 0.108. The van der Waals surface area contributed by atoms with Gasteiger partial charge >= 0.3 is 0 Å². The third-order valence-corrected chi connectivity index (χ3v) is 4.33. The molecule has 0 aromatic heterocycles. The molecule has 1 aromatic rings. The maximum absolute atomic E-state index is 7.01. The highest BCUT2D eigenvalue weighted by Gasteiger charge is 2.34. The first kappa shape index (κ1) is 10.7. The monoisotopic (exact) mass is 243 g/mol. The van der Waals surface area contributed by atoms with E-state index in [0.29, 0.717) is 5.69 Å². The van der Waals surface area contributed by atoms with Crippen LogP contribution in [0.25, 0.3) is 10.9 Å². The molecule has 0 bridgehead atoms. The average Bonchev–Trinajstić information content (AvgIpc) is 2.39. The number of benzene rings is 1. The van der Waals surface area contributed by atoms with Gasteiger partial charge in [-0.2, -0.15) is 11.8 Å². The van der Waals surface area contributed by atoms with E-state index in [1.807, 2.05) is 30.0 Å². The maximum atomic E-state index is 7.01. The van der Waals surface area contributed by atoms with E-state index in [1.54, 1.807) is 0 Å². The van der Waals surface area contributed by atoms with Crippen molar-refractivity contribution in [1.82, 2.24) is 0 Å². The molecule has 1 fully saturated rings. The van der Waals surface area contributed by atoms with Gasteiger partial charge in [0.15, 0.2) is 5.69 Å². The molecule has 0 radical (unpaired) electrons. The van der Waals surface area contributed by atoms with Crippen LogP contribution in [0.1, 0.15) is 18.4 Å². The molecule has 0 atom stereocenters. The van der Waals surface area contributed by atoms with Gasteiger partial charge in [-0.05, 0) is 42.6 Å². The standard InChI is InChI=1S/C14H13NOS/c1-15-12-2-3-13-11(10-12)4-5-14(16-13)6-8-17-9-7-14/h2-5,10H,6-9H2. The van der Waals surface area contributed by atoms with Crippen LogP contribution in [0.3, 0.4) is 0 Å². The SMILES string of the molecule is [C-]#[N+]c1ccc2c(c1)C=CC1(CCSCC1)O2. The lowest BCUT2D eigenvalue weighted by Crippen LogP contribution is -2.39. The first-order chi connectivity index (χ1) is 8.31. The number of hydrogen-bond acceptors (Lipinski definition) is 2. The molecule has 3 heteroatoms. The Labute approximate surface area is 105 Å². The molecule has 3 rings (SSSR count). The van der Waals surface area contributed by atoms with Gasteiger partial charge in [-0.25, -0.2) is 4.85 Å². The van der Waals surface area contributed by atoms with Gasteiger partial charge in [0, 0.05) is 5.56 Å². The molecule has 0 N–H and O–H groups in total. The van der Waals surface area contributed by atoms with Crippen molar-refractivity contribution in [2.24, 2.45) is 0 Å². The summed E-state index contributed by atoms with van der Waals surface area (Å²) in [6.07, 6.45) is 6.46. The van der Waals surface area contributed by atoms with Crippen molar-refractivity contribution < 1.29 is 4.74 Å². The van der Waals surface area contributed by atoms with Crippen molar-refractivity contribution >= 4 is 23.5 Å². The van der Waals surface area contributed by atoms with Crippen molar-refractivity contribution in [2.45, 2.75) is 18.4 Å². The number of rotatable bonds is 0. The fourth-order valence-electron chi connectivity index (χ4n) is 2.31. The number of fused-ring (bicyclic) bond motifs is 1. The Morgan fingerprint density at radius 1 is 1.29 bits per heavy atom. The largest absolute Gasteiger partial charge is 0.483 e. The van der Waals surface area contributed by atoms with Crippen LogP contribution >= 0.6 is 11.8 Å². The van der Waals surface area contributed by atoms with Crippen LogP contribution in [0, 0.1) is 6.57 Å². The lowest BCUT2D eigenvalue weighted by atomic mass is 9.92. The Kier molecular flexibility index (Phi) is 2.60. The molecule has 86 valence electrons. The molecule has 17 heavy (non-hydrogen) atoms. The van der Waals surface area contributed by atoms with Crippen molar-refractivity contribution in [2.75, 3.05) is 11.5 Å². The third kappa shape index (κ3) is 1.94. The normalized spacial score (nSPS) is 20.4. The van der Waals surface area contributed by atoms with Gasteiger partial charge in [0.25, 0.3) is 0 Å².